The molecule has 15 heavy (non-hydrogen) atoms. The van der Waals surface area contributed by atoms with Gasteiger partial charge in [0, 0.05) is 10.6 Å². The fourth-order valence-corrected chi connectivity index (χ4v) is 2.50. The van der Waals surface area contributed by atoms with Crippen molar-refractivity contribution in [2.45, 2.75) is 5.88 Å². The van der Waals surface area contributed by atoms with E-state index in [-0.39, 0.29) is 5.97 Å². The number of fused-ring (bicyclic) bond motifs is 1. The van der Waals surface area contributed by atoms with Gasteiger partial charge in [-0.15, -0.1) is 22.9 Å². The number of alkyl halides is 1. The second-order valence-electron chi connectivity index (χ2n) is 3.11. The minimum atomic E-state index is -0.288. The predicted molar refractivity (Wildman–Crippen MR) is 62.7 cm³/mol. The highest BCUT2D eigenvalue weighted by molar-refractivity contribution is 7.20. The van der Waals surface area contributed by atoms with Crippen LogP contribution in [0.5, 0.6) is 0 Å². The number of methoxy groups -OCH3 is 1. The molecule has 2 nitrogen and oxygen atoms in total. The maximum absolute atomic E-state index is 11.3. The van der Waals surface area contributed by atoms with Crippen LogP contribution in [0.3, 0.4) is 0 Å². The largest absolute Gasteiger partial charge is 0.465 e. The standard InChI is InChI=1S/C11H9ClO2S/c1-14-11(13)10-5-8-4-7(6-12)2-3-9(8)15-10/h2-5H,6H2,1H3. The Bertz CT molecular complexity index is 504. The summed E-state index contributed by atoms with van der Waals surface area (Å²) in [4.78, 5) is 11.9. The van der Waals surface area contributed by atoms with E-state index in [2.05, 4.69) is 4.74 Å². The summed E-state index contributed by atoms with van der Waals surface area (Å²) in [5.74, 6) is 0.197. The minimum Gasteiger partial charge on any atom is -0.465 e. The van der Waals surface area contributed by atoms with Gasteiger partial charge < -0.3 is 4.74 Å². The average Bonchev–Trinajstić information content (AvgIpc) is 2.70. The molecular weight excluding hydrogens is 232 g/mol. The molecular formula is C11H9ClO2S. The highest BCUT2D eigenvalue weighted by Gasteiger charge is 2.09. The molecule has 0 spiro atoms. The Kier molecular flexibility index (Phi) is 2.93. The second-order valence-corrected chi connectivity index (χ2v) is 4.46. The third-order valence-corrected chi connectivity index (χ3v) is 3.53. The Labute approximate surface area is 96.4 Å². The highest BCUT2D eigenvalue weighted by atomic mass is 35.5. The van der Waals surface area contributed by atoms with Crippen molar-refractivity contribution in [1.82, 2.24) is 0 Å². The molecule has 0 amide bonds. The molecule has 0 aliphatic carbocycles. The van der Waals surface area contributed by atoms with Crippen LogP contribution in [0.15, 0.2) is 24.3 Å². The molecule has 4 heteroatoms. The van der Waals surface area contributed by atoms with Crippen LogP contribution in [0.2, 0.25) is 0 Å². The number of hydrogen-bond acceptors (Lipinski definition) is 3. The molecule has 1 aromatic heterocycles. The van der Waals surface area contributed by atoms with Gasteiger partial charge in [0.05, 0.1) is 7.11 Å². The Balaban J connectivity index is 2.51. The number of esters is 1. The van der Waals surface area contributed by atoms with Gasteiger partial charge in [0.25, 0.3) is 0 Å². The van der Waals surface area contributed by atoms with Crippen LogP contribution in [0.1, 0.15) is 15.2 Å². The summed E-state index contributed by atoms with van der Waals surface area (Å²) in [5, 5.41) is 1.04. The molecule has 0 fully saturated rings. The molecule has 78 valence electrons. The predicted octanol–water partition coefficient (Wildman–Crippen LogP) is 3.43. The van der Waals surface area contributed by atoms with E-state index in [0.717, 1.165) is 15.6 Å². The normalized spacial score (nSPS) is 10.5. The van der Waals surface area contributed by atoms with Gasteiger partial charge in [-0.05, 0) is 29.1 Å². The van der Waals surface area contributed by atoms with E-state index >= 15 is 0 Å². The van der Waals surface area contributed by atoms with E-state index in [0.29, 0.717) is 10.8 Å². The molecule has 0 atom stereocenters. The van der Waals surface area contributed by atoms with Gasteiger partial charge >= 0.3 is 5.97 Å². The number of thiophene rings is 1. The van der Waals surface area contributed by atoms with Crippen LogP contribution in [0, 0.1) is 0 Å². The van der Waals surface area contributed by atoms with Gasteiger partial charge in [-0.25, -0.2) is 4.79 Å². The van der Waals surface area contributed by atoms with Crippen molar-refractivity contribution in [3.63, 3.8) is 0 Å². The third-order valence-electron chi connectivity index (χ3n) is 2.12. The van der Waals surface area contributed by atoms with Crippen LogP contribution in [0.4, 0.5) is 0 Å². The molecule has 1 aromatic carbocycles. The summed E-state index contributed by atoms with van der Waals surface area (Å²) in [5.41, 5.74) is 1.05. The Morgan fingerprint density at radius 1 is 1.47 bits per heavy atom. The number of halogens is 1. The number of hydrogen-bond donors (Lipinski definition) is 0. The smallest absolute Gasteiger partial charge is 0.348 e. The van der Waals surface area contributed by atoms with Crippen molar-refractivity contribution in [3.05, 3.63) is 34.7 Å². The summed E-state index contributed by atoms with van der Waals surface area (Å²) in [6.45, 7) is 0. The Morgan fingerprint density at radius 2 is 2.27 bits per heavy atom. The number of ether oxygens (including phenoxy) is 1. The van der Waals surface area contributed by atoms with Crippen molar-refractivity contribution in [2.24, 2.45) is 0 Å². The van der Waals surface area contributed by atoms with Crippen LogP contribution in [0.25, 0.3) is 10.1 Å². The van der Waals surface area contributed by atoms with Gasteiger partial charge in [0.2, 0.25) is 0 Å². The quantitative estimate of drug-likeness (QED) is 0.594. The fraction of sp³-hybridized carbons (Fsp3) is 0.182. The van der Waals surface area contributed by atoms with Crippen LogP contribution >= 0.6 is 22.9 Å². The molecule has 0 N–H and O–H groups in total. The summed E-state index contributed by atoms with van der Waals surface area (Å²) >= 11 is 7.17. The molecule has 0 aliphatic rings. The fourth-order valence-electron chi connectivity index (χ4n) is 1.38. The van der Waals surface area contributed by atoms with Crippen LogP contribution in [-0.4, -0.2) is 13.1 Å². The molecule has 0 radical (unpaired) electrons. The lowest BCUT2D eigenvalue weighted by Crippen LogP contribution is -1.96. The molecule has 0 saturated carbocycles. The van der Waals surface area contributed by atoms with Crippen molar-refractivity contribution >= 4 is 39.0 Å². The van der Waals surface area contributed by atoms with Crippen molar-refractivity contribution in [2.75, 3.05) is 7.11 Å². The zero-order valence-electron chi connectivity index (χ0n) is 8.12. The minimum absolute atomic E-state index is 0.288. The topological polar surface area (TPSA) is 26.3 Å². The average molecular weight is 241 g/mol. The third kappa shape index (κ3) is 1.98. The van der Waals surface area contributed by atoms with E-state index in [4.69, 9.17) is 11.6 Å². The van der Waals surface area contributed by atoms with Crippen molar-refractivity contribution in [1.29, 1.82) is 0 Å². The molecule has 0 unspecified atom stereocenters. The first-order chi connectivity index (χ1) is 7.24. The van der Waals surface area contributed by atoms with E-state index in [1.807, 2.05) is 24.3 Å². The summed E-state index contributed by atoms with van der Waals surface area (Å²) in [6, 6.07) is 7.77. The molecule has 0 bridgehead atoms. The summed E-state index contributed by atoms with van der Waals surface area (Å²) in [7, 11) is 1.39. The van der Waals surface area contributed by atoms with E-state index in [1.165, 1.54) is 18.4 Å². The number of carbonyl (C=O) groups is 1. The monoisotopic (exact) mass is 240 g/mol. The lowest BCUT2D eigenvalue weighted by molar-refractivity contribution is 0.0606. The SMILES string of the molecule is COC(=O)c1cc2cc(CCl)ccc2s1. The van der Waals surface area contributed by atoms with Crippen molar-refractivity contribution < 1.29 is 9.53 Å². The zero-order valence-corrected chi connectivity index (χ0v) is 9.69. The first-order valence-electron chi connectivity index (χ1n) is 4.41. The number of rotatable bonds is 2. The van der Waals surface area contributed by atoms with Gasteiger partial charge in [-0.3, -0.25) is 0 Å². The molecule has 2 rings (SSSR count). The maximum atomic E-state index is 11.3. The van der Waals surface area contributed by atoms with E-state index < -0.39 is 0 Å². The van der Waals surface area contributed by atoms with Gasteiger partial charge in [-0.1, -0.05) is 6.07 Å². The maximum Gasteiger partial charge on any atom is 0.348 e. The van der Waals surface area contributed by atoms with Gasteiger partial charge in [-0.2, -0.15) is 0 Å². The van der Waals surface area contributed by atoms with E-state index in [1.54, 1.807) is 0 Å². The van der Waals surface area contributed by atoms with Crippen LogP contribution in [-0.2, 0) is 10.6 Å². The Morgan fingerprint density at radius 3 is 2.93 bits per heavy atom. The Hall–Kier alpha value is -1.06. The molecule has 2 aromatic rings. The number of carbonyl (C=O) groups excluding carboxylic acids is 1. The highest BCUT2D eigenvalue weighted by Crippen LogP contribution is 2.27. The van der Waals surface area contributed by atoms with Gasteiger partial charge in [0.15, 0.2) is 0 Å². The molecule has 0 aliphatic heterocycles. The lowest BCUT2D eigenvalue weighted by Gasteiger charge is -1.93. The summed E-state index contributed by atoms with van der Waals surface area (Å²) in [6.07, 6.45) is 0. The lowest BCUT2D eigenvalue weighted by atomic mass is 10.2. The first kappa shape index (κ1) is 10.5. The number of benzene rings is 1. The van der Waals surface area contributed by atoms with Crippen LogP contribution < -0.4 is 0 Å². The van der Waals surface area contributed by atoms with Gasteiger partial charge in [0.1, 0.15) is 4.88 Å². The summed E-state index contributed by atoms with van der Waals surface area (Å²) < 4.78 is 5.74. The van der Waals surface area contributed by atoms with Crippen molar-refractivity contribution in [3.8, 4) is 0 Å². The molecule has 1 heterocycles. The molecule has 0 saturated heterocycles. The van der Waals surface area contributed by atoms with E-state index in [9.17, 15) is 4.79 Å². The second kappa shape index (κ2) is 4.21. The zero-order chi connectivity index (χ0) is 10.8. The first-order valence-corrected chi connectivity index (χ1v) is 5.76.